The van der Waals surface area contributed by atoms with E-state index in [9.17, 15) is 0 Å². The molecule has 1 aliphatic carbocycles. The van der Waals surface area contributed by atoms with E-state index >= 15 is 0 Å². The van der Waals surface area contributed by atoms with Crippen LogP contribution in [0.25, 0.3) is 0 Å². The Morgan fingerprint density at radius 3 is 2.62 bits per heavy atom. The third-order valence-electron chi connectivity index (χ3n) is 5.85. The van der Waals surface area contributed by atoms with E-state index in [1.54, 1.807) is 0 Å². The summed E-state index contributed by atoms with van der Waals surface area (Å²) in [6, 6.07) is 11.3. The first-order valence-electron chi connectivity index (χ1n) is 9.56. The molecule has 2 heterocycles. The van der Waals surface area contributed by atoms with Crippen molar-refractivity contribution in [1.29, 1.82) is 0 Å². The molecule has 0 unspecified atom stereocenters. The molecule has 0 N–H and O–H groups in total. The Hall–Kier alpha value is -0.940. The molecule has 132 valence electrons. The van der Waals surface area contributed by atoms with E-state index < -0.39 is 0 Å². The monoisotopic (exact) mass is 330 g/mol. The quantitative estimate of drug-likeness (QED) is 0.800. The predicted molar refractivity (Wildman–Crippen MR) is 95.0 cm³/mol. The maximum atomic E-state index is 6.05. The number of likely N-dealkylation sites (tertiary alicyclic amines) is 1. The van der Waals surface area contributed by atoms with Crippen LogP contribution < -0.4 is 0 Å². The minimum Gasteiger partial charge on any atom is -0.379 e. The van der Waals surface area contributed by atoms with Crippen LogP contribution in [0, 0.1) is 5.92 Å². The lowest BCUT2D eigenvalue weighted by atomic mass is 9.88. The normalized spacial score (nSPS) is 31.9. The van der Waals surface area contributed by atoms with Gasteiger partial charge >= 0.3 is 0 Å². The highest BCUT2D eigenvalue weighted by Crippen LogP contribution is 2.33. The highest BCUT2D eigenvalue weighted by atomic mass is 16.5. The maximum Gasteiger partial charge on any atom is 0.0720 e. The molecule has 0 bridgehead atoms. The fourth-order valence-electron chi connectivity index (χ4n) is 4.25. The number of hydrogen-bond acceptors (Lipinski definition) is 4. The molecule has 4 heteroatoms. The van der Waals surface area contributed by atoms with Gasteiger partial charge in [0.1, 0.15) is 0 Å². The third kappa shape index (κ3) is 4.17. The van der Waals surface area contributed by atoms with Gasteiger partial charge in [-0.3, -0.25) is 9.80 Å². The zero-order valence-electron chi connectivity index (χ0n) is 14.6. The minimum absolute atomic E-state index is 0.466. The summed E-state index contributed by atoms with van der Waals surface area (Å²) in [6.07, 6.45) is 4.27. The molecule has 1 atom stereocenters. The molecule has 2 aliphatic heterocycles. The van der Waals surface area contributed by atoms with Gasteiger partial charge in [-0.25, -0.2) is 0 Å². The van der Waals surface area contributed by atoms with Gasteiger partial charge in [0.2, 0.25) is 0 Å². The molecule has 0 amide bonds. The van der Waals surface area contributed by atoms with E-state index in [2.05, 4.69) is 40.1 Å². The highest BCUT2D eigenvalue weighted by molar-refractivity contribution is 5.13. The summed E-state index contributed by atoms with van der Waals surface area (Å²) in [5.74, 6) is 0.854. The van der Waals surface area contributed by atoms with Crippen LogP contribution in [-0.2, 0) is 16.1 Å². The lowest BCUT2D eigenvalue weighted by Crippen LogP contribution is -2.47. The molecule has 4 nitrogen and oxygen atoms in total. The molecule has 2 saturated heterocycles. The summed E-state index contributed by atoms with van der Waals surface area (Å²) < 4.78 is 11.5. The van der Waals surface area contributed by atoms with Gasteiger partial charge in [0, 0.05) is 32.2 Å². The molecule has 0 spiro atoms. The molecular formula is C20H30N2O2. The molecular weight excluding hydrogens is 300 g/mol. The van der Waals surface area contributed by atoms with E-state index in [1.807, 2.05) is 0 Å². The molecule has 0 radical (unpaired) electrons. The van der Waals surface area contributed by atoms with Crippen LogP contribution in [-0.4, -0.2) is 67.9 Å². The summed E-state index contributed by atoms with van der Waals surface area (Å²) >= 11 is 0. The standard InChI is InChI=1S/C20H30N2O2/c1-2-4-17(5-3-1)16-24-20-12-19(13-20)22-7-6-18(15-22)14-21-8-10-23-11-9-21/h1-5,18-20H,6-16H2/t18-,19?,20?/m0/s1. The average Bonchev–Trinajstić information content (AvgIpc) is 3.03. The smallest absolute Gasteiger partial charge is 0.0720 e. The van der Waals surface area contributed by atoms with Crippen molar-refractivity contribution < 1.29 is 9.47 Å². The fourth-order valence-corrected chi connectivity index (χ4v) is 4.25. The van der Waals surface area contributed by atoms with Gasteiger partial charge in [-0.2, -0.15) is 0 Å². The number of benzene rings is 1. The Morgan fingerprint density at radius 1 is 1.04 bits per heavy atom. The molecule has 3 fully saturated rings. The van der Waals surface area contributed by atoms with Crippen LogP contribution in [0.5, 0.6) is 0 Å². The number of rotatable bonds is 6. The second-order valence-electron chi connectivity index (χ2n) is 7.61. The van der Waals surface area contributed by atoms with Gasteiger partial charge in [-0.1, -0.05) is 30.3 Å². The fraction of sp³-hybridized carbons (Fsp3) is 0.700. The third-order valence-corrected chi connectivity index (χ3v) is 5.85. The predicted octanol–water partition coefficient (Wildman–Crippen LogP) is 2.39. The van der Waals surface area contributed by atoms with Gasteiger partial charge in [0.05, 0.1) is 25.9 Å². The molecule has 0 aromatic heterocycles. The Labute approximate surface area is 145 Å². The van der Waals surface area contributed by atoms with Crippen molar-refractivity contribution in [2.75, 3.05) is 45.9 Å². The summed E-state index contributed by atoms with van der Waals surface area (Å²) in [5.41, 5.74) is 1.28. The Bertz CT molecular complexity index is 498. The highest BCUT2D eigenvalue weighted by Gasteiger charge is 2.37. The van der Waals surface area contributed by atoms with Crippen LogP contribution >= 0.6 is 0 Å². The molecule has 1 aromatic rings. The SMILES string of the molecule is c1ccc(COC2CC(N3CC[C@@H](CN4CCOCC4)C3)C2)cc1. The van der Waals surface area contributed by atoms with Gasteiger partial charge in [0.15, 0.2) is 0 Å². The van der Waals surface area contributed by atoms with Crippen molar-refractivity contribution in [3.05, 3.63) is 35.9 Å². The van der Waals surface area contributed by atoms with Gasteiger partial charge < -0.3 is 9.47 Å². The first-order valence-corrected chi connectivity index (χ1v) is 9.56. The van der Waals surface area contributed by atoms with Gasteiger partial charge in [-0.05, 0) is 37.3 Å². The zero-order valence-corrected chi connectivity index (χ0v) is 14.6. The first-order chi connectivity index (χ1) is 11.9. The number of nitrogens with zero attached hydrogens (tertiary/aromatic N) is 2. The van der Waals surface area contributed by atoms with E-state index in [0.29, 0.717) is 6.10 Å². The van der Waals surface area contributed by atoms with Crippen LogP contribution in [0.4, 0.5) is 0 Å². The van der Waals surface area contributed by atoms with Gasteiger partial charge in [-0.15, -0.1) is 0 Å². The molecule has 24 heavy (non-hydrogen) atoms. The molecule has 1 aromatic carbocycles. The Kier molecular flexibility index (Phi) is 5.48. The lowest BCUT2D eigenvalue weighted by Gasteiger charge is -2.41. The number of ether oxygens (including phenoxy) is 2. The minimum atomic E-state index is 0.466. The number of hydrogen-bond donors (Lipinski definition) is 0. The van der Waals surface area contributed by atoms with E-state index in [0.717, 1.165) is 44.9 Å². The Morgan fingerprint density at radius 2 is 1.83 bits per heavy atom. The van der Waals surface area contributed by atoms with Crippen LogP contribution in [0.15, 0.2) is 30.3 Å². The van der Waals surface area contributed by atoms with Crippen LogP contribution in [0.3, 0.4) is 0 Å². The largest absolute Gasteiger partial charge is 0.379 e. The van der Waals surface area contributed by atoms with E-state index in [4.69, 9.17) is 9.47 Å². The Balaban J connectivity index is 1.14. The van der Waals surface area contributed by atoms with E-state index in [-0.39, 0.29) is 0 Å². The summed E-state index contributed by atoms with van der Waals surface area (Å²) in [4.78, 5) is 5.30. The maximum absolute atomic E-state index is 6.05. The van der Waals surface area contributed by atoms with Gasteiger partial charge in [0.25, 0.3) is 0 Å². The van der Waals surface area contributed by atoms with E-state index in [1.165, 1.54) is 44.5 Å². The summed E-state index contributed by atoms with van der Waals surface area (Å²) in [7, 11) is 0. The summed E-state index contributed by atoms with van der Waals surface area (Å²) in [6.45, 7) is 8.67. The van der Waals surface area contributed by atoms with Crippen molar-refractivity contribution in [3.63, 3.8) is 0 Å². The van der Waals surface area contributed by atoms with Crippen molar-refractivity contribution in [3.8, 4) is 0 Å². The van der Waals surface area contributed by atoms with Crippen molar-refractivity contribution in [2.24, 2.45) is 5.92 Å². The lowest BCUT2D eigenvalue weighted by molar-refractivity contribution is -0.0551. The van der Waals surface area contributed by atoms with Crippen molar-refractivity contribution in [2.45, 2.75) is 38.0 Å². The zero-order chi connectivity index (χ0) is 16.2. The molecule has 3 aliphatic rings. The van der Waals surface area contributed by atoms with Crippen LogP contribution in [0.2, 0.25) is 0 Å². The number of morpholine rings is 1. The second kappa shape index (κ2) is 7.96. The van der Waals surface area contributed by atoms with Crippen LogP contribution in [0.1, 0.15) is 24.8 Å². The molecule has 4 rings (SSSR count). The van der Waals surface area contributed by atoms with Crippen molar-refractivity contribution >= 4 is 0 Å². The topological polar surface area (TPSA) is 24.9 Å². The second-order valence-corrected chi connectivity index (χ2v) is 7.61. The molecule has 1 saturated carbocycles. The average molecular weight is 330 g/mol. The van der Waals surface area contributed by atoms with Crippen molar-refractivity contribution in [1.82, 2.24) is 9.80 Å². The first kappa shape index (κ1) is 16.5. The summed E-state index contributed by atoms with van der Waals surface area (Å²) in [5, 5.41) is 0.